The Bertz CT molecular complexity index is 528. The first kappa shape index (κ1) is 14.5. The molecule has 1 aromatic carbocycles. The van der Waals surface area contributed by atoms with E-state index >= 15 is 0 Å². The van der Waals surface area contributed by atoms with E-state index in [9.17, 15) is 9.59 Å². The molecule has 1 atom stereocenters. The van der Waals surface area contributed by atoms with Crippen LogP contribution in [0.3, 0.4) is 0 Å². The lowest BCUT2D eigenvalue weighted by molar-refractivity contribution is -0.117. The quantitative estimate of drug-likeness (QED) is 0.874. The molecule has 0 fully saturated rings. The Morgan fingerprint density at radius 3 is 2.85 bits per heavy atom. The Kier molecular flexibility index (Phi) is 4.39. The van der Waals surface area contributed by atoms with E-state index in [1.54, 1.807) is 11.8 Å². The minimum Gasteiger partial charge on any atom is -0.330 e. The van der Waals surface area contributed by atoms with E-state index in [2.05, 4.69) is 5.32 Å². The standard InChI is InChI=1S/C15H21N3O2/c1-10(9-16)7-15(20)17-13-3-4-14-12(8-13)5-6-18(14)11(2)19/h3-4,8,10H,5-7,9,16H2,1-2H3,(H,17,20). The van der Waals surface area contributed by atoms with E-state index < -0.39 is 0 Å². The molecule has 1 aromatic rings. The molecule has 1 aliphatic heterocycles. The summed E-state index contributed by atoms with van der Waals surface area (Å²) < 4.78 is 0. The van der Waals surface area contributed by atoms with Gasteiger partial charge in [-0.2, -0.15) is 0 Å². The maximum absolute atomic E-state index is 11.8. The summed E-state index contributed by atoms with van der Waals surface area (Å²) >= 11 is 0. The van der Waals surface area contributed by atoms with Crippen LogP contribution >= 0.6 is 0 Å². The van der Waals surface area contributed by atoms with Crippen molar-refractivity contribution in [2.75, 3.05) is 23.3 Å². The summed E-state index contributed by atoms with van der Waals surface area (Å²) in [6, 6.07) is 5.68. The Morgan fingerprint density at radius 2 is 2.20 bits per heavy atom. The lowest BCUT2D eigenvalue weighted by atomic mass is 10.1. The molecule has 1 aliphatic rings. The van der Waals surface area contributed by atoms with Gasteiger partial charge in [0.15, 0.2) is 0 Å². The third-order valence-corrected chi connectivity index (χ3v) is 3.58. The van der Waals surface area contributed by atoms with E-state index in [4.69, 9.17) is 5.73 Å². The summed E-state index contributed by atoms with van der Waals surface area (Å²) in [5.41, 5.74) is 8.35. The predicted molar refractivity (Wildman–Crippen MR) is 79.6 cm³/mol. The topological polar surface area (TPSA) is 75.4 Å². The summed E-state index contributed by atoms with van der Waals surface area (Å²) in [5.74, 6) is 0.208. The van der Waals surface area contributed by atoms with Crippen LogP contribution in [-0.4, -0.2) is 24.9 Å². The minimum atomic E-state index is -0.0238. The third kappa shape index (κ3) is 3.17. The predicted octanol–water partition coefficient (Wildman–Crippen LogP) is 1.52. The average molecular weight is 275 g/mol. The van der Waals surface area contributed by atoms with Crippen LogP contribution in [0.2, 0.25) is 0 Å². The second kappa shape index (κ2) is 6.05. The number of rotatable bonds is 4. The molecule has 2 amide bonds. The number of anilines is 2. The molecular weight excluding hydrogens is 254 g/mol. The van der Waals surface area contributed by atoms with Crippen LogP contribution in [0.4, 0.5) is 11.4 Å². The molecule has 108 valence electrons. The zero-order chi connectivity index (χ0) is 14.7. The number of carbonyl (C=O) groups is 2. The minimum absolute atomic E-state index is 0.0238. The van der Waals surface area contributed by atoms with Gasteiger partial charge in [-0.25, -0.2) is 0 Å². The Balaban J connectivity index is 2.06. The number of fused-ring (bicyclic) bond motifs is 1. The van der Waals surface area contributed by atoms with Gasteiger partial charge in [-0.1, -0.05) is 6.92 Å². The van der Waals surface area contributed by atoms with Crippen LogP contribution in [0, 0.1) is 5.92 Å². The fraction of sp³-hybridized carbons (Fsp3) is 0.467. The second-order valence-electron chi connectivity index (χ2n) is 5.36. The van der Waals surface area contributed by atoms with Crippen molar-refractivity contribution in [1.82, 2.24) is 0 Å². The van der Waals surface area contributed by atoms with Crippen LogP contribution in [0.5, 0.6) is 0 Å². The lowest BCUT2D eigenvalue weighted by Gasteiger charge is -2.15. The summed E-state index contributed by atoms with van der Waals surface area (Å²) in [6.45, 7) is 4.74. The monoisotopic (exact) mass is 275 g/mol. The van der Waals surface area contributed by atoms with Crippen molar-refractivity contribution in [3.05, 3.63) is 23.8 Å². The van der Waals surface area contributed by atoms with Crippen LogP contribution in [0.1, 0.15) is 25.8 Å². The van der Waals surface area contributed by atoms with Crippen molar-refractivity contribution in [2.45, 2.75) is 26.7 Å². The first-order valence-corrected chi connectivity index (χ1v) is 6.92. The summed E-state index contributed by atoms with van der Waals surface area (Å²) in [5, 5.41) is 2.88. The van der Waals surface area contributed by atoms with Gasteiger partial charge in [0.2, 0.25) is 11.8 Å². The van der Waals surface area contributed by atoms with E-state index in [-0.39, 0.29) is 17.7 Å². The molecule has 0 saturated heterocycles. The zero-order valence-corrected chi connectivity index (χ0v) is 12.0. The van der Waals surface area contributed by atoms with Crippen molar-refractivity contribution >= 4 is 23.2 Å². The average Bonchev–Trinajstić information content (AvgIpc) is 2.81. The number of nitrogens with zero attached hydrogens (tertiary/aromatic N) is 1. The van der Waals surface area contributed by atoms with Crippen LogP contribution in [0.25, 0.3) is 0 Å². The van der Waals surface area contributed by atoms with Crippen molar-refractivity contribution < 1.29 is 9.59 Å². The van der Waals surface area contributed by atoms with E-state index in [0.717, 1.165) is 23.4 Å². The summed E-state index contributed by atoms with van der Waals surface area (Å²) in [4.78, 5) is 25.1. The number of nitrogens with one attached hydrogen (secondary N) is 1. The molecule has 0 aliphatic carbocycles. The summed E-state index contributed by atoms with van der Waals surface area (Å²) in [6.07, 6.45) is 1.25. The molecule has 0 aromatic heterocycles. The smallest absolute Gasteiger partial charge is 0.224 e. The fourth-order valence-corrected chi connectivity index (χ4v) is 2.42. The van der Waals surface area contributed by atoms with Gasteiger partial charge in [0.05, 0.1) is 0 Å². The maximum Gasteiger partial charge on any atom is 0.224 e. The molecule has 5 nitrogen and oxygen atoms in total. The molecule has 20 heavy (non-hydrogen) atoms. The van der Waals surface area contributed by atoms with Gasteiger partial charge < -0.3 is 16.0 Å². The van der Waals surface area contributed by atoms with E-state index in [0.29, 0.717) is 19.5 Å². The van der Waals surface area contributed by atoms with Crippen LogP contribution in [-0.2, 0) is 16.0 Å². The SMILES string of the molecule is CC(=O)N1CCc2cc(NC(=O)CC(C)CN)ccc21. The van der Waals surface area contributed by atoms with Gasteiger partial charge >= 0.3 is 0 Å². The van der Waals surface area contributed by atoms with Gasteiger partial charge in [0.25, 0.3) is 0 Å². The molecule has 3 N–H and O–H groups in total. The number of hydrogen-bond donors (Lipinski definition) is 2. The number of amides is 2. The van der Waals surface area contributed by atoms with Crippen molar-refractivity contribution in [2.24, 2.45) is 11.7 Å². The van der Waals surface area contributed by atoms with Gasteiger partial charge in [-0.15, -0.1) is 0 Å². The van der Waals surface area contributed by atoms with Gasteiger partial charge in [-0.3, -0.25) is 9.59 Å². The highest BCUT2D eigenvalue weighted by Crippen LogP contribution is 2.30. The van der Waals surface area contributed by atoms with Crippen LogP contribution in [0.15, 0.2) is 18.2 Å². The molecular formula is C15H21N3O2. The maximum atomic E-state index is 11.8. The number of benzene rings is 1. The molecule has 1 heterocycles. The first-order valence-electron chi connectivity index (χ1n) is 6.92. The Labute approximate surface area is 119 Å². The normalized spacial score (nSPS) is 14.8. The zero-order valence-electron chi connectivity index (χ0n) is 12.0. The highest BCUT2D eigenvalue weighted by atomic mass is 16.2. The molecule has 0 saturated carbocycles. The Hall–Kier alpha value is -1.88. The lowest BCUT2D eigenvalue weighted by Crippen LogP contribution is -2.25. The summed E-state index contributed by atoms with van der Waals surface area (Å²) in [7, 11) is 0. The van der Waals surface area contributed by atoms with Crippen molar-refractivity contribution in [3.8, 4) is 0 Å². The van der Waals surface area contributed by atoms with Crippen molar-refractivity contribution in [3.63, 3.8) is 0 Å². The molecule has 0 spiro atoms. The molecule has 5 heteroatoms. The fourth-order valence-electron chi connectivity index (χ4n) is 2.42. The Morgan fingerprint density at radius 1 is 1.45 bits per heavy atom. The highest BCUT2D eigenvalue weighted by Gasteiger charge is 2.22. The van der Waals surface area contributed by atoms with E-state index in [1.165, 1.54) is 0 Å². The van der Waals surface area contributed by atoms with Gasteiger partial charge in [0, 0.05) is 31.3 Å². The van der Waals surface area contributed by atoms with Gasteiger partial charge in [0.1, 0.15) is 0 Å². The first-order chi connectivity index (χ1) is 9.51. The second-order valence-corrected chi connectivity index (χ2v) is 5.36. The number of nitrogens with two attached hydrogens (primary N) is 1. The largest absolute Gasteiger partial charge is 0.330 e. The number of hydrogen-bond acceptors (Lipinski definition) is 3. The number of carbonyl (C=O) groups excluding carboxylic acids is 2. The van der Waals surface area contributed by atoms with Crippen molar-refractivity contribution in [1.29, 1.82) is 0 Å². The molecule has 0 radical (unpaired) electrons. The van der Waals surface area contributed by atoms with Gasteiger partial charge in [-0.05, 0) is 42.6 Å². The highest BCUT2D eigenvalue weighted by molar-refractivity contribution is 5.95. The van der Waals surface area contributed by atoms with E-state index in [1.807, 2.05) is 25.1 Å². The van der Waals surface area contributed by atoms with Crippen LogP contribution < -0.4 is 16.0 Å². The molecule has 2 rings (SSSR count). The molecule has 0 bridgehead atoms. The third-order valence-electron chi connectivity index (χ3n) is 3.58. The molecule has 1 unspecified atom stereocenters.